The van der Waals surface area contributed by atoms with Crippen molar-refractivity contribution in [1.29, 1.82) is 0 Å². The van der Waals surface area contributed by atoms with E-state index >= 15 is 0 Å². The van der Waals surface area contributed by atoms with E-state index in [9.17, 15) is 9.90 Å². The summed E-state index contributed by atoms with van der Waals surface area (Å²) in [6.07, 6.45) is 4.22. The molecule has 1 aliphatic carbocycles. The number of hydrogen-bond acceptors (Lipinski definition) is 4. The zero-order valence-electron chi connectivity index (χ0n) is 11.7. The average molecular weight is 256 g/mol. The molecule has 1 rings (SSSR count). The molecule has 5 heteroatoms. The quantitative estimate of drug-likeness (QED) is 0.709. The fourth-order valence-electron chi connectivity index (χ4n) is 2.25. The Bertz CT molecular complexity index is 305. The van der Waals surface area contributed by atoms with Gasteiger partial charge < -0.3 is 19.6 Å². The molecule has 0 aromatic rings. The van der Waals surface area contributed by atoms with Crippen molar-refractivity contribution in [2.75, 3.05) is 34.8 Å². The number of hydrogen-bond donors (Lipinski definition) is 1. The lowest BCUT2D eigenvalue weighted by molar-refractivity contribution is -0.129. The van der Waals surface area contributed by atoms with Gasteiger partial charge in [-0.1, -0.05) is 6.08 Å². The summed E-state index contributed by atoms with van der Waals surface area (Å²) in [5.41, 5.74) is 0. The first kappa shape index (κ1) is 15.1. The summed E-state index contributed by atoms with van der Waals surface area (Å²) in [6, 6.07) is -0.147. The molecule has 0 heterocycles. The number of carbonyl (C=O) groups is 1. The van der Waals surface area contributed by atoms with E-state index in [1.165, 1.54) is 0 Å². The standard InChI is InChI=1S/C13H24N2O3/c1-14(2)9-5-6-12(16)15(3)10-7-8-11(18-4)13(10)17/h5-6,10-11,13,17H,7-9H2,1-4H3/b6-5+/t10-,11-,13-/m1/s1. The summed E-state index contributed by atoms with van der Waals surface area (Å²) in [6.45, 7) is 0.730. The summed E-state index contributed by atoms with van der Waals surface area (Å²) >= 11 is 0. The molecular weight excluding hydrogens is 232 g/mol. The van der Waals surface area contributed by atoms with E-state index in [2.05, 4.69) is 0 Å². The molecule has 0 aliphatic heterocycles. The Labute approximate surface area is 109 Å². The van der Waals surface area contributed by atoms with Crippen LogP contribution in [0.1, 0.15) is 12.8 Å². The molecule has 0 spiro atoms. The van der Waals surface area contributed by atoms with Crippen LogP contribution in [0.15, 0.2) is 12.2 Å². The molecule has 1 N–H and O–H groups in total. The highest BCUT2D eigenvalue weighted by Gasteiger charge is 2.38. The molecule has 1 amide bonds. The Morgan fingerprint density at radius 3 is 2.56 bits per heavy atom. The second-order valence-electron chi connectivity index (χ2n) is 5.02. The van der Waals surface area contributed by atoms with E-state index in [0.29, 0.717) is 0 Å². The lowest BCUT2D eigenvalue weighted by atomic mass is 10.1. The molecule has 3 atom stereocenters. The monoisotopic (exact) mass is 256 g/mol. The second-order valence-corrected chi connectivity index (χ2v) is 5.02. The van der Waals surface area contributed by atoms with Crippen molar-refractivity contribution in [3.05, 3.63) is 12.2 Å². The Hall–Kier alpha value is -0.910. The third-order valence-electron chi connectivity index (χ3n) is 3.40. The molecule has 5 nitrogen and oxygen atoms in total. The fourth-order valence-corrected chi connectivity index (χ4v) is 2.25. The summed E-state index contributed by atoms with van der Waals surface area (Å²) in [4.78, 5) is 15.5. The maximum absolute atomic E-state index is 11.9. The largest absolute Gasteiger partial charge is 0.388 e. The Morgan fingerprint density at radius 2 is 2.06 bits per heavy atom. The Morgan fingerprint density at radius 1 is 1.39 bits per heavy atom. The number of amides is 1. The minimum absolute atomic E-state index is 0.0716. The minimum Gasteiger partial charge on any atom is -0.388 e. The van der Waals surface area contributed by atoms with Crippen molar-refractivity contribution in [2.24, 2.45) is 0 Å². The summed E-state index contributed by atoms with van der Waals surface area (Å²) in [5, 5.41) is 10.0. The van der Waals surface area contributed by atoms with E-state index in [0.717, 1.165) is 19.4 Å². The van der Waals surface area contributed by atoms with Crippen LogP contribution in [0.25, 0.3) is 0 Å². The highest BCUT2D eigenvalue weighted by atomic mass is 16.5. The van der Waals surface area contributed by atoms with Crippen LogP contribution in [0.4, 0.5) is 0 Å². The van der Waals surface area contributed by atoms with Crippen molar-refractivity contribution < 1.29 is 14.6 Å². The van der Waals surface area contributed by atoms with E-state index in [1.54, 1.807) is 25.1 Å². The predicted molar refractivity (Wildman–Crippen MR) is 70.3 cm³/mol. The summed E-state index contributed by atoms with van der Waals surface area (Å²) < 4.78 is 5.18. The van der Waals surface area contributed by atoms with Gasteiger partial charge in [0.25, 0.3) is 0 Å². The van der Waals surface area contributed by atoms with Gasteiger partial charge >= 0.3 is 0 Å². The molecule has 1 aliphatic rings. The van der Waals surface area contributed by atoms with E-state index < -0.39 is 6.10 Å². The summed E-state index contributed by atoms with van der Waals surface area (Å²) in [7, 11) is 7.22. The van der Waals surface area contributed by atoms with E-state index in [-0.39, 0.29) is 18.1 Å². The number of carbonyl (C=O) groups excluding carboxylic acids is 1. The third-order valence-corrected chi connectivity index (χ3v) is 3.40. The van der Waals surface area contributed by atoms with Crippen molar-refractivity contribution in [2.45, 2.75) is 31.1 Å². The van der Waals surface area contributed by atoms with Crippen LogP contribution >= 0.6 is 0 Å². The number of rotatable bonds is 5. The number of ether oxygens (including phenoxy) is 1. The molecule has 0 aromatic carbocycles. The Balaban J connectivity index is 2.51. The SMILES string of the molecule is CO[C@@H]1CC[C@@H](N(C)C(=O)/C=C/CN(C)C)[C@H]1O. The minimum atomic E-state index is -0.591. The maximum atomic E-state index is 11.9. The number of likely N-dealkylation sites (N-methyl/N-ethyl adjacent to an activating group) is 2. The maximum Gasteiger partial charge on any atom is 0.246 e. The van der Waals surface area contributed by atoms with Crippen LogP contribution in [-0.4, -0.2) is 73.9 Å². The van der Waals surface area contributed by atoms with E-state index in [4.69, 9.17) is 4.74 Å². The smallest absolute Gasteiger partial charge is 0.246 e. The van der Waals surface area contributed by atoms with Crippen LogP contribution in [0.3, 0.4) is 0 Å². The van der Waals surface area contributed by atoms with Gasteiger partial charge in [0.15, 0.2) is 0 Å². The zero-order valence-corrected chi connectivity index (χ0v) is 11.7. The topological polar surface area (TPSA) is 53.0 Å². The molecule has 0 radical (unpaired) electrons. The number of methoxy groups -OCH3 is 1. The predicted octanol–water partition coefficient (Wildman–Crippen LogP) is 0.101. The van der Waals surface area contributed by atoms with Crippen LogP contribution in [0.5, 0.6) is 0 Å². The molecule has 0 aromatic heterocycles. The van der Waals surface area contributed by atoms with Gasteiger partial charge in [-0.3, -0.25) is 4.79 Å². The normalized spacial score (nSPS) is 28.2. The highest BCUT2D eigenvalue weighted by molar-refractivity contribution is 5.87. The first-order valence-corrected chi connectivity index (χ1v) is 6.26. The molecular formula is C13H24N2O3. The molecule has 0 unspecified atom stereocenters. The number of aliphatic hydroxyl groups is 1. The molecule has 1 fully saturated rings. The lowest BCUT2D eigenvalue weighted by Gasteiger charge is -2.27. The van der Waals surface area contributed by atoms with Gasteiger partial charge in [0, 0.05) is 26.8 Å². The third kappa shape index (κ3) is 3.80. The van der Waals surface area contributed by atoms with Gasteiger partial charge in [-0.2, -0.15) is 0 Å². The van der Waals surface area contributed by atoms with Crippen molar-refractivity contribution >= 4 is 5.91 Å². The number of aliphatic hydroxyl groups excluding tert-OH is 1. The molecule has 18 heavy (non-hydrogen) atoms. The van der Waals surface area contributed by atoms with Gasteiger partial charge in [-0.25, -0.2) is 0 Å². The molecule has 0 saturated heterocycles. The molecule has 104 valence electrons. The van der Waals surface area contributed by atoms with Crippen molar-refractivity contribution in [3.63, 3.8) is 0 Å². The van der Waals surface area contributed by atoms with Crippen LogP contribution < -0.4 is 0 Å². The van der Waals surface area contributed by atoms with Crippen LogP contribution in [0, 0.1) is 0 Å². The number of nitrogens with zero attached hydrogens (tertiary/aromatic N) is 2. The van der Waals surface area contributed by atoms with E-state index in [1.807, 2.05) is 25.1 Å². The van der Waals surface area contributed by atoms with Gasteiger partial charge in [-0.15, -0.1) is 0 Å². The average Bonchev–Trinajstić information content (AvgIpc) is 2.68. The first-order valence-electron chi connectivity index (χ1n) is 6.26. The zero-order chi connectivity index (χ0) is 13.7. The molecule has 0 bridgehead atoms. The van der Waals surface area contributed by atoms with Gasteiger partial charge in [0.05, 0.1) is 12.1 Å². The van der Waals surface area contributed by atoms with Crippen LogP contribution in [-0.2, 0) is 9.53 Å². The van der Waals surface area contributed by atoms with Gasteiger partial charge in [0.2, 0.25) is 5.91 Å². The Kier molecular flexibility index (Phi) is 5.78. The lowest BCUT2D eigenvalue weighted by Crippen LogP contribution is -2.44. The van der Waals surface area contributed by atoms with Crippen molar-refractivity contribution in [1.82, 2.24) is 9.80 Å². The summed E-state index contributed by atoms with van der Waals surface area (Å²) in [5.74, 6) is -0.0716. The van der Waals surface area contributed by atoms with Gasteiger partial charge in [0.1, 0.15) is 6.10 Å². The van der Waals surface area contributed by atoms with Crippen molar-refractivity contribution in [3.8, 4) is 0 Å². The second kappa shape index (κ2) is 6.87. The van der Waals surface area contributed by atoms with Crippen LogP contribution in [0.2, 0.25) is 0 Å². The first-order chi connectivity index (χ1) is 8.47. The van der Waals surface area contributed by atoms with Gasteiger partial charge in [-0.05, 0) is 26.9 Å². The highest BCUT2D eigenvalue weighted by Crippen LogP contribution is 2.26. The molecule has 1 saturated carbocycles. The fraction of sp³-hybridized carbons (Fsp3) is 0.769.